The van der Waals surface area contributed by atoms with Gasteiger partial charge in [-0.15, -0.1) is 11.3 Å². The van der Waals surface area contributed by atoms with E-state index in [2.05, 4.69) is 170 Å². The van der Waals surface area contributed by atoms with Gasteiger partial charge < -0.3 is 4.90 Å². The Hall–Kier alpha value is -5.44. The first kappa shape index (κ1) is 26.7. The fourth-order valence-electron chi connectivity index (χ4n) is 8.13. The predicted octanol–water partition coefficient (Wildman–Crippen LogP) is 13.3. The van der Waals surface area contributed by atoms with Crippen molar-refractivity contribution in [1.29, 1.82) is 0 Å². The van der Waals surface area contributed by atoms with Crippen LogP contribution in [0.3, 0.4) is 0 Å². The lowest BCUT2D eigenvalue weighted by Gasteiger charge is -2.29. The molecule has 0 amide bonds. The summed E-state index contributed by atoms with van der Waals surface area (Å²) in [6.07, 6.45) is 0. The lowest BCUT2D eigenvalue weighted by atomic mass is 9.82. The first-order valence-corrected chi connectivity index (χ1v) is 17.2. The molecule has 10 rings (SSSR count). The summed E-state index contributed by atoms with van der Waals surface area (Å²) >= 11 is 1.91. The van der Waals surface area contributed by atoms with E-state index in [4.69, 9.17) is 0 Å². The summed E-state index contributed by atoms with van der Waals surface area (Å²) in [6.45, 7) is 4.70. The Kier molecular flexibility index (Phi) is 5.57. The van der Waals surface area contributed by atoms with Crippen molar-refractivity contribution in [2.45, 2.75) is 19.3 Å². The number of hydrogen-bond donors (Lipinski definition) is 0. The molecule has 1 aliphatic carbocycles. The second-order valence-corrected chi connectivity index (χ2v) is 14.4. The molecule has 0 atom stereocenters. The van der Waals surface area contributed by atoms with E-state index in [1.54, 1.807) is 0 Å². The molecule has 8 aromatic carbocycles. The standard InChI is InChI=1S/C45H31NS/c1-45(2)39-17-9-7-13-33(39)38-27-32(22-24-40(38)45)46(31-21-19-28-11-3-4-12-29(28)25-31)41-26-30-20-23-37-35-15-8-10-18-42(35)47-44(37)43(30)36-16-6-5-14-34(36)41/h3-27H,1-2H3. The third kappa shape index (κ3) is 3.83. The normalized spacial score (nSPS) is 13.5. The molecule has 0 aliphatic heterocycles. The van der Waals surface area contributed by atoms with Crippen molar-refractivity contribution in [3.63, 3.8) is 0 Å². The number of thiophene rings is 1. The number of rotatable bonds is 3. The summed E-state index contributed by atoms with van der Waals surface area (Å²) < 4.78 is 2.70. The van der Waals surface area contributed by atoms with Crippen molar-refractivity contribution in [2.75, 3.05) is 4.90 Å². The molecule has 2 heteroatoms. The van der Waals surface area contributed by atoms with Gasteiger partial charge in [-0.2, -0.15) is 0 Å². The average Bonchev–Trinajstić information content (AvgIpc) is 3.60. The van der Waals surface area contributed by atoms with Crippen molar-refractivity contribution in [1.82, 2.24) is 0 Å². The van der Waals surface area contributed by atoms with Crippen molar-refractivity contribution < 1.29 is 0 Å². The van der Waals surface area contributed by atoms with Crippen molar-refractivity contribution in [3.05, 3.63) is 163 Å². The fraction of sp³-hybridized carbons (Fsp3) is 0.0667. The molecular weight excluding hydrogens is 587 g/mol. The highest BCUT2D eigenvalue weighted by Gasteiger charge is 2.35. The second-order valence-electron chi connectivity index (χ2n) is 13.3. The maximum atomic E-state index is 2.48. The summed E-state index contributed by atoms with van der Waals surface area (Å²) in [5, 5.41) is 10.3. The molecule has 0 saturated carbocycles. The van der Waals surface area contributed by atoms with Crippen molar-refractivity contribution >= 4 is 80.9 Å². The zero-order valence-corrected chi connectivity index (χ0v) is 27.1. The van der Waals surface area contributed by atoms with Crippen LogP contribution in [0.25, 0.3) is 63.6 Å². The van der Waals surface area contributed by atoms with E-state index in [0.717, 1.165) is 5.69 Å². The highest BCUT2D eigenvalue weighted by Crippen LogP contribution is 2.52. The number of fused-ring (bicyclic) bond motifs is 11. The Balaban J connectivity index is 1.29. The first-order valence-electron chi connectivity index (χ1n) is 16.4. The summed E-state index contributed by atoms with van der Waals surface area (Å²) in [5.74, 6) is 0. The maximum absolute atomic E-state index is 2.48. The van der Waals surface area contributed by atoms with Gasteiger partial charge in [0.1, 0.15) is 0 Å². The summed E-state index contributed by atoms with van der Waals surface area (Å²) in [5.41, 5.74) is 8.91. The number of anilines is 3. The molecule has 222 valence electrons. The van der Waals surface area contributed by atoms with Gasteiger partial charge in [-0.05, 0) is 80.2 Å². The molecule has 0 radical (unpaired) electrons. The largest absolute Gasteiger partial charge is 0.310 e. The van der Waals surface area contributed by atoms with Gasteiger partial charge in [0.25, 0.3) is 0 Å². The topological polar surface area (TPSA) is 3.24 Å². The number of benzene rings is 8. The molecule has 1 heterocycles. The van der Waals surface area contributed by atoms with Crippen molar-refractivity contribution in [3.8, 4) is 11.1 Å². The quantitative estimate of drug-likeness (QED) is 0.178. The Morgan fingerprint density at radius 2 is 1.13 bits per heavy atom. The Morgan fingerprint density at radius 3 is 2.02 bits per heavy atom. The smallest absolute Gasteiger partial charge is 0.0546 e. The molecule has 0 spiro atoms. The zero-order chi connectivity index (χ0) is 31.3. The van der Waals surface area contributed by atoms with Gasteiger partial charge in [0.05, 0.1) is 5.69 Å². The molecule has 0 unspecified atom stereocenters. The van der Waals surface area contributed by atoms with Crippen LogP contribution in [0.5, 0.6) is 0 Å². The molecular formula is C45H31NS. The highest BCUT2D eigenvalue weighted by atomic mass is 32.1. The van der Waals surface area contributed by atoms with Gasteiger partial charge in [-0.3, -0.25) is 0 Å². The predicted molar refractivity (Wildman–Crippen MR) is 204 cm³/mol. The third-order valence-corrected chi connectivity index (χ3v) is 11.6. The van der Waals surface area contributed by atoms with Crippen LogP contribution < -0.4 is 4.90 Å². The lowest BCUT2D eigenvalue weighted by Crippen LogP contribution is -2.15. The van der Waals surface area contributed by atoms with Gasteiger partial charge in [0, 0.05) is 47.7 Å². The minimum atomic E-state index is -0.0382. The van der Waals surface area contributed by atoms with Crippen LogP contribution in [0.15, 0.2) is 152 Å². The monoisotopic (exact) mass is 617 g/mol. The lowest BCUT2D eigenvalue weighted by molar-refractivity contribution is 0.660. The summed E-state index contributed by atoms with van der Waals surface area (Å²) in [6, 6.07) is 56.4. The van der Waals surface area contributed by atoms with Crippen LogP contribution in [0, 0.1) is 0 Å². The van der Waals surface area contributed by atoms with Gasteiger partial charge in [0.15, 0.2) is 0 Å². The van der Waals surface area contributed by atoms with E-state index >= 15 is 0 Å². The van der Waals surface area contributed by atoms with E-state index in [0.29, 0.717) is 0 Å². The molecule has 47 heavy (non-hydrogen) atoms. The molecule has 1 nitrogen and oxygen atoms in total. The number of nitrogens with zero attached hydrogens (tertiary/aromatic N) is 1. The first-order chi connectivity index (χ1) is 23.1. The molecule has 1 aromatic heterocycles. The maximum Gasteiger partial charge on any atom is 0.0546 e. The minimum Gasteiger partial charge on any atom is -0.310 e. The number of hydrogen-bond acceptors (Lipinski definition) is 2. The van der Waals surface area contributed by atoms with Crippen molar-refractivity contribution in [2.24, 2.45) is 0 Å². The van der Waals surface area contributed by atoms with Crippen LogP contribution in [0.1, 0.15) is 25.0 Å². The molecule has 9 aromatic rings. The van der Waals surface area contributed by atoms with Crippen LogP contribution in [0.2, 0.25) is 0 Å². The third-order valence-electron chi connectivity index (χ3n) is 10.4. The van der Waals surface area contributed by atoms with Gasteiger partial charge in [-0.1, -0.05) is 129 Å². The molecule has 0 saturated heterocycles. The average molecular weight is 618 g/mol. The zero-order valence-electron chi connectivity index (χ0n) is 26.3. The summed E-state index contributed by atoms with van der Waals surface area (Å²) in [7, 11) is 0. The Bertz CT molecular complexity index is 2730. The second kappa shape index (κ2) is 9.78. The van der Waals surface area contributed by atoms with Gasteiger partial charge in [0.2, 0.25) is 0 Å². The van der Waals surface area contributed by atoms with E-state index in [1.807, 2.05) is 11.3 Å². The molecule has 0 N–H and O–H groups in total. The van der Waals surface area contributed by atoms with Gasteiger partial charge in [-0.25, -0.2) is 0 Å². The Morgan fingerprint density at radius 1 is 0.468 bits per heavy atom. The molecule has 1 aliphatic rings. The van der Waals surface area contributed by atoms with E-state index in [-0.39, 0.29) is 5.41 Å². The van der Waals surface area contributed by atoms with Crippen LogP contribution in [-0.2, 0) is 5.41 Å². The SMILES string of the molecule is CC1(C)c2ccccc2-c2cc(N(c3ccc4ccccc4c3)c3cc4ccc5c6ccccc6sc5c4c4ccccc34)ccc21. The highest BCUT2D eigenvalue weighted by molar-refractivity contribution is 7.26. The Labute approximate surface area is 278 Å². The van der Waals surface area contributed by atoms with Gasteiger partial charge >= 0.3 is 0 Å². The minimum absolute atomic E-state index is 0.0382. The van der Waals surface area contributed by atoms with E-state index < -0.39 is 0 Å². The van der Waals surface area contributed by atoms with E-state index in [1.165, 1.54) is 86.1 Å². The molecule has 0 fully saturated rings. The molecule has 0 bridgehead atoms. The van der Waals surface area contributed by atoms with Crippen LogP contribution >= 0.6 is 11.3 Å². The fourth-order valence-corrected chi connectivity index (χ4v) is 9.40. The van der Waals surface area contributed by atoms with Crippen LogP contribution in [-0.4, -0.2) is 0 Å². The van der Waals surface area contributed by atoms with E-state index in [9.17, 15) is 0 Å². The summed E-state index contributed by atoms with van der Waals surface area (Å²) in [4.78, 5) is 2.48. The van der Waals surface area contributed by atoms with Crippen LogP contribution in [0.4, 0.5) is 17.1 Å².